The maximum Gasteiger partial charge on any atom is 0.419 e. The third kappa shape index (κ3) is 3.13. The minimum atomic E-state index is -3.93. The van der Waals surface area contributed by atoms with Gasteiger partial charge in [0.2, 0.25) is 0 Å². The van der Waals surface area contributed by atoms with Crippen molar-refractivity contribution < 1.29 is 12.8 Å². The van der Waals surface area contributed by atoms with E-state index in [-0.39, 0.29) is 21.5 Å². The number of aromatic nitrogens is 1. The maximum atomic E-state index is 12.4. The molecule has 0 amide bonds. The molecule has 118 valence electrons. The number of hydrogen-bond acceptors (Lipinski definition) is 5. The maximum absolute atomic E-state index is 12.4. The van der Waals surface area contributed by atoms with Crippen LogP contribution in [-0.2, 0) is 10.0 Å². The molecule has 0 radical (unpaired) electrons. The molecule has 2 N–H and O–H groups in total. The van der Waals surface area contributed by atoms with E-state index in [1.807, 2.05) is 0 Å². The number of benzene rings is 2. The lowest BCUT2D eigenvalue weighted by Gasteiger charge is -2.08. The van der Waals surface area contributed by atoms with Gasteiger partial charge in [-0.3, -0.25) is 9.71 Å². The van der Waals surface area contributed by atoms with Gasteiger partial charge in [0.25, 0.3) is 10.0 Å². The molecule has 0 fully saturated rings. The van der Waals surface area contributed by atoms with Gasteiger partial charge in [-0.15, -0.1) is 0 Å². The van der Waals surface area contributed by atoms with Gasteiger partial charge in [0.1, 0.15) is 0 Å². The SMILES string of the molecule is O=c1[nH]c2ccc(S(=O)(=O)Nc3cccc(Cl)c3)cc2c(=O)o1. The number of fused-ring (bicyclic) bond motifs is 1. The average molecular weight is 353 g/mol. The first-order valence-electron chi connectivity index (χ1n) is 6.31. The van der Waals surface area contributed by atoms with Crippen LogP contribution in [0.2, 0.25) is 5.02 Å². The number of halogens is 1. The lowest BCUT2D eigenvalue weighted by atomic mass is 10.2. The Hall–Kier alpha value is -2.58. The van der Waals surface area contributed by atoms with E-state index in [4.69, 9.17) is 11.6 Å². The zero-order valence-corrected chi connectivity index (χ0v) is 12.9. The zero-order chi connectivity index (χ0) is 16.6. The highest BCUT2D eigenvalue weighted by Gasteiger charge is 2.16. The van der Waals surface area contributed by atoms with Gasteiger partial charge in [-0.1, -0.05) is 17.7 Å². The third-order valence-corrected chi connectivity index (χ3v) is 4.63. The number of anilines is 1. The summed E-state index contributed by atoms with van der Waals surface area (Å²) in [5, 5.41) is 0.334. The molecular formula is C14H9ClN2O5S. The largest absolute Gasteiger partial charge is 0.419 e. The lowest BCUT2D eigenvalue weighted by Crippen LogP contribution is -2.16. The Labute approximate surface area is 134 Å². The van der Waals surface area contributed by atoms with Crippen LogP contribution in [0.4, 0.5) is 5.69 Å². The summed E-state index contributed by atoms with van der Waals surface area (Å²) in [5.74, 6) is -0.907. The highest BCUT2D eigenvalue weighted by atomic mass is 35.5. The van der Waals surface area contributed by atoms with Crippen molar-refractivity contribution in [2.45, 2.75) is 4.90 Å². The van der Waals surface area contributed by atoms with E-state index in [9.17, 15) is 18.0 Å². The van der Waals surface area contributed by atoms with Crippen molar-refractivity contribution in [1.29, 1.82) is 0 Å². The predicted octanol–water partition coefficient (Wildman–Crippen LogP) is 1.94. The first-order valence-corrected chi connectivity index (χ1v) is 8.17. The molecule has 2 aromatic carbocycles. The van der Waals surface area contributed by atoms with E-state index < -0.39 is 21.4 Å². The Morgan fingerprint density at radius 1 is 1.09 bits per heavy atom. The van der Waals surface area contributed by atoms with Crippen molar-refractivity contribution in [3.63, 3.8) is 0 Å². The van der Waals surface area contributed by atoms with Crippen LogP contribution in [0.1, 0.15) is 0 Å². The minimum absolute atomic E-state index is 0.0430. The van der Waals surface area contributed by atoms with E-state index in [0.29, 0.717) is 5.02 Å². The number of nitrogens with one attached hydrogen (secondary N) is 2. The first-order chi connectivity index (χ1) is 10.8. The molecule has 0 atom stereocenters. The van der Waals surface area contributed by atoms with Crippen LogP contribution >= 0.6 is 11.6 Å². The molecule has 7 nitrogen and oxygen atoms in total. The second kappa shape index (κ2) is 5.56. The number of rotatable bonds is 3. The molecule has 3 rings (SSSR count). The minimum Gasteiger partial charge on any atom is -0.372 e. The Balaban J connectivity index is 2.08. The van der Waals surface area contributed by atoms with Crippen molar-refractivity contribution in [3.8, 4) is 0 Å². The summed E-state index contributed by atoms with van der Waals surface area (Å²) >= 11 is 5.81. The molecule has 9 heteroatoms. The van der Waals surface area contributed by atoms with Gasteiger partial charge in [-0.05, 0) is 36.4 Å². The molecule has 1 heterocycles. The smallest absolute Gasteiger partial charge is 0.372 e. The molecule has 0 aliphatic rings. The van der Waals surface area contributed by atoms with Crippen molar-refractivity contribution in [2.24, 2.45) is 0 Å². The second-order valence-electron chi connectivity index (χ2n) is 4.63. The standard InChI is InChI=1S/C14H9ClN2O5S/c15-8-2-1-3-9(6-8)17-23(20,21)10-4-5-12-11(7-10)13(18)22-14(19)16-12/h1-7,17H,(H,16,19). The van der Waals surface area contributed by atoms with Crippen LogP contribution in [-0.4, -0.2) is 13.4 Å². The van der Waals surface area contributed by atoms with Crippen LogP contribution in [0.15, 0.2) is 61.4 Å². The Morgan fingerprint density at radius 2 is 1.87 bits per heavy atom. The van der Waals surface area contributed by atoms with Gasteiger partial charge >= 0.3 is 11.4 Å². The number of hydrogen-bond donors (Lipinski definition) is 2. The number of H-pyrrole nitrogens is 1. The number of sulfonamides is 1. The average Bonchev–Trinajstić information content (AvgIpc) is 2.46. The fourth-order valence-corrected chi connectivity index (χ4v) is 3.27. The Morgan fingerprint density at radius 3 is 2.61 bits per heavy atom. The molecule has 0 aliphatic heterocycles. The van der Waals surface area contributed by atoms with E-state index in [1.165, 1.54) is 24.3 Å². The van der Waals surface area contributed by atoms with Crippen molar-refractivity contribution >= 4 is 38.2 Å². The molecule has 3 aromatic rings. The number of aromatic amines is 1. The molecule has 0 spiro atoms. The van der Waals surface area contributed by atoms with E-state index in [0.717, 1.165) is 6.07 Å². The van der Waals surface area contributed by atoms with Crippen molar-refractivity contribution in [1.82, 2.24) is 4.98 Å². The Bertz CT molecular complexity index is 1120. The van der Waals surface area contributed by atoms with E-state index >= 15 is 0 Å². The van der Waals surface area contributed by atoms with Crippen LogP contribution in [0.25, 0.3) is 10.9 Å². The summed E-state index contributed by atoms with van der Waals surface area (Å²) in [5.41, 5.74) is -0.442. The molecule has 0 saturated carbocycles. The first kappa shape index (κ1) is 15.3. The fraction of sp³-hybridized carbons (Fsp3) is 0. The third-order valence-electron chi connectivity index (χ3n) is 3.02. The topological polar surface area (TPSA) is 109 Å². The molecular weight excluding hydrogens is 344 g/mol. The normalized spacial score (nSPS) is 11.5. The monoisotopic (exact) mass is 352 g/mol. The van der Waals surface area contributed by atoms with Crippen LogP contribution in [0.5, 0.6) is 0 Å². The van der Waals surface area contributed by atoms with Gasteiger partial charge in [-0.2, -0.15) is 0 Å². The highest BCUT2D eigenvalue weighted by Crippen LogP contribution is 2.20. The lowest BCUT2D eigenvalue weighted by molar-refractivity contribution is 0.460. The van der Waals surface area contributed by atoms with Gasteiger partial charge in [0.05, 0.1) is 21.5 Å². The summed E-state index contributed by atoms with van der Waals surface area (Å²) < 4.78 is 31.5. The van der Waals surface area contributed by atoms with Crippen LogP contribution in [0, 0.1) is 0 Å². The van der Waals surface area contributed by atoms with Gasteiger partial charge in [0.15, 0.2) is 0 Å². The van der Waals surface area contributed by atoms with Crippen LogP contribution in [0.3, 0.4) is 0 Å². The van der Waals surface area contributed by atoms with Crippen LogP contribution < -0.4 is 16.1 Å². The van der Waals surface area contributed by atoms with E-state index in [2.05, 4.69) is 14.1 Å². The molecule has 0 bridgehead atoms. The van der Waals surface area contributed by atoms with E-state index in [1.54, 1.807) is 12.1 Å². The summed E-state index contributed by atoms with van der Waals surface area (Å²) in [7, 11) is -3.93. The molecule has 0 saturated heterocycles. The predicted molar refractivity (Wildman–Crippen MR) is 85.4 cm³/mol. The summed E-state index contributed by atoms with van der Waals surface area (Å²) in [6, 6.07) is 9.91. The summed E-state index contributed by atoms with van der Waals surface area (Å²) in [6.45, 7) is 0. The molecule has 1 aromatic heterocycles. The quantitative estimate of drug-likeness (QED) is 0.748. The molecule has 0 aliphatic carbocycles. The highest BCUT2D eigenvalue weighted by molar-refractivity contribution is 7.92. The molecule has 0 unspecified atom stereocenters. The zero-order valence-electron chi connectivity index (χ0n) is 11.4. The van der Waals surface area contributed by atoms with Gasteiger partial charge in [-0.25, -0.2) is 18.0 Å². The summed E-state index contributed by atoms with van der Waals surface area (Å²) in [6.07, 6.45) is 0. The fourth-order valence-electron chi connectivity index (χ4n) is 2.01. The molecule has 23 heavy (non-hydrogen) atoms. The Kier molecular flexibility index (Phi) is 3.70. The second-order valence-corrected chi connectivity index (χ2v) is 6.74. The van der Waals surface area contributed by atoms with Gasteiger partial charge in [0, 0.05) is 5.02 Å². The van der Waals surface area contributed by atoms with Crippen molar-refractivity contribution in [2.75, 3.05) is 4.72 Å². The van der Waals surface area contributed by atoms with Crippen molar-refractivity contribution in [3.05, 3.63) is 68.5 Å². The van der Waals surface area contributed by atoms with Gasteiger partial charge < -0.3 is 4.42 Å². The summed E-state index contributed by atoms with van der Waals surface area (Å²) in [4.78, 5) is 24.9.